The highest BCUT2D eigenvalue weighted by Crippen LogP contribution is 2.27. The minimum Gasteiger partial charge on any atom is -0.435 e. The van der Waals surface area contributed by atoms with Crippen molar-refractivity contribution in [2.45, 2.75) is 19.6 Å². The molecule has 6 nitrogen and oxygen atoms in total. The predicted octanol–water partition coefficient (Wildman–Crippen LogP) is 2.55. The highest BCUT2D eigenvalue weighted by Gasteiger charge is 2.23. The SMILES string of the molecule is Cc1cc(N2CCOC(c3ccc(OC(F)F)cc3)C2)nc(N)n1. The lowest BCUT2D eigenvalue weighted by Gasteiger charge is -2.34. The molecular weight excluding hydrogens is 318 g/mol. The molecule has 3 rings (SSSR count). The van der Waals surface area contributed by atoms with Crippen molar-refractivity contribution in [3.63, 3.8) is 0 Å². The highest BCUT2D eigenvalue weighted by molar-refractivity contribution is 5.44. The van der Waals surface area contributed by atoms with E-state index in [1.54, 1.807) is 12.1 Å². The van der Waals surface area contributed by atoms with Crippen LogP contribution in [0.3, 0.4) is 0 Å². The van der Waals surface area contributed by atoms with Crippen molar-refractivity contribution in [3.05, 3.63) is 41.6 Å². The van der Waals surface area contributed by atoms with Crippen LogP contribution < -0.4 is 15.4 Å². The van der Waals surface area contributed by atoms with E-state index in [4.69, 9.17) is 10.5 Å². The largest absolute Gasteiger partial charge is 0.435 e. The topological polar surface area (TPSA) is 73.5 Å². The smallest absolute Gasteiger partial charge is 0.387 e. The number of aromatic nitrogens is 2. The fourth-order valence-corrected chi connectivity index (χ4v) is 2.66. The zero-order valence-corrected chi connectivity index (χ0v) is 13.2. The number of ether oxygens (including phenoxy) is 2. The summed E-state index contributed by atoms with van der Waals surface area (Å²) in [7, 11) is 0. The maximum absolute atomic E-state index is 12.2. The standard InChI is InChI=1S/C16H18F2N4O2/c1-10-8-14(21-16(19)20-10)22-6-7-23-13(9-22)11-2-4-12(5-3-11)24-15(17)18/h2-5,8,13,15H,6-7,9H2,1H3,(H2,19,20,21). The van der Waals surface area contributed by atoms with E-state index in [-0.39, 0.29) is 17.8 Å². The third kappa shape index (κ3) is 3.88. The molecule has 1 aromatic carbocycles. The number of nitrogen functional groups attached to an aromatic ring is 1. The monoisotopic (exact) mass is 336 g/mol. The van der Waals surface area contributed by atoms with E-state index < -0.39 is 6.61 Å². The van der Waals surface area contributed by atoms with Gasteiger partial charge in [-0.15, -0.1) is 0 Å². The van der Waals surface area contributed by atoms with Crippen LogP contribution >= 0.6 is 0 Å². The maximum Gasteiger partial charge on any atom is 0.387 e. The minimum atomic E-state index is -2.83. The van der Waals surface area contributed by atoms with Crippen molar-refractivity contribution in [1.82, 2.24) is 9.97 Å². The van der Waals surface area contributed by atoms with Gasteiger partial charge in [0.25, 0.3) is 0 Å². The van der Waals surface area contributed by atoms with Gasteiger partial charge in [0, 0.05) is 24.8 Å². The summed E-state index contributed by atoms with van der Waals surface area (Å²) in [5, 5.41) is 0. The molecule has 8 heteroatoms. The summed E-state index contributed by atoms with van der Waals surface area (Å²) in [6.45, 7) is 0.845. The average Bonchev–Trinajstić information content (AvgIpc) is 2.54. The minimum absolute atomic E-state index is 0.126. The molecule has 2 aromatic rings. The quantitative estimate of drug-likeness (QED) is 0.925. The maximum atomic E-state index is 12.2. The Hall–Kier alpha value is -2.48. The third-order valence-corrected chi connectivity index (χ3v) is 3.73. The molecule has 1 atom stereocenters. The second-order valence-electron chi connectivity index (χ2n) is 5.48. The Balaban J connectivity index is 1.73. The Morgan fingerprint density at radius 1 is 1.29 bits per heavy atom. The van der Waals surface area contributed by atoms with E-state index >= 15 is 0 Å². The van der Waals surface area contributed by atoms with Gasteiger partial charge in [-0.1, -0.05) is 12.1 Å². The lowest BCUT2D eigenvalue weighted by molar-refractivity contribution is -0.0498. The number of halogens is 2. The van der Waals surface area contributed by atoms with Crippen LogP contribution in [0.5, 0.6) is 5.75 Å². The van der Waals surface area contributed by atoms with E-state index in [9.17, 15) is 8.78 Å². The van der Waals surface area contributed by atoms with E-state index in [1.807, 2.05) is 13.0 Å². The Bertz CT molecular complexity index is 677. The molecule has 1 fully saturated rings. The van der Waals surface area contributed by atoms with Gasteiger partial charge in [0.15, 0.2) is 0 Å². The van der Waals surface area contributed by atoms with Gasteiger partial charge >= 0.3 is 6.61 Å². The van der Waals surface area contributed by atoms with Crippen LogP contribution in [0.15, 0.2) is 30.3 Å². The summed E-state index contributed by atoms with van der Waals surface area (Å²) >= 11 is 0. The van der Waals surface area contributed by atoms with Crippen LogP contribution in [0.2, 0.25) is 0 Å². The first-order valence-corrected chi connectivity index (χ1v) is 7.54. The Labute approximate surface area is 138 Å². The molecule has 2 N–H and O–H groups in total. The summed E-state index contributed by atoms with van der Waals surface area (Å²) in [6.07, 6.45) is -0.184. The number of nitrogens with zero attached hydrogens (tertiary/aromatic N) is 3. The number of hydrogen-bond acceptors (Lipinski definition) is 6. The molecule has 0 bridgehead atoms. The lowest BCUT2D eigenvalue weighted by Crippen LogP contribution is -2.39. The van der Waals surface area contributed by atoms with Gasteiger partial charge < -0.3 is 20.1 Å². The molecule has 1 saturated heterocycles. The first-order chi connectivity index (χ1) is 11.5. The average molecular weight is 336 g/mol. The molecule has 1 aliphatic heterocycles. The van der Waals surface area contributed by atoms with Crippen molar-refractivity contribution >= 4 is 11.8 Å². The Kier molecular flexibility index (Phi) is 4.75. The summed E-state index contributed by atoms with van der Waals surface area (Å²) in [4.78, 5) is 10.4. The fraction of sp³-hybridized carbons (Fsp3) is 0.375. The number of nitrogens with two attached hydrogens (primary N) is 1. The van der Waals surface area contributed by atoms with Crippen molar-refractivity contribution in [2.24, 2.45) is 0 Å². The molecule has 0 radical (unpaired) electrons. The van der Waals surface area contributed by atoms with Crippen LogP contribution in [-0.4, -0.2) is 36.3 Å². The third-order valence-electron chi connectivity index (χ3n) is 3.73. The van der Waals surface area contributed by atoms with Gasteiger partial charge in [0.2, 0.25) is 5.95 Å². The van der Waals surface area contributed by atoms with E-state index in [2.05, 4.69) is 19.6 Å². The summed E-state index contributed by atoms with van der Waals surface area (Å²) < 4.78 is 34.6. The summed E-state index contributed by atoms with van der Waals surface area (Å²) in [6, 6.07) is 8.35. The number of alkyl halides is 2. The van der Waals surface area contributed by atoms with Gasteiger partial charge in [-0.2, -0.15) is 13.8 Å². The number of morpholine rings is 1. The molecule has 0 spiro atoms. The van der Waals surface area contributed by atoms with Gasteiger partial charge in [-0.25, -0.2) is 4.98 Å². The predicted molar refractivity (Wildman–Crippen MR) is 85.2 cm³/mol. The van der Waals surface area contributed by atoms with Crippen LogP contribution in [0, 0.1) is 6.92 Å². The van der Waals surface area contributed by atoms with Crippen molar-refractivity contribution in [3.8, 4) is 5.75 Å². The van der Waals surface area contributed by atoms with Gasteiger partial charge in [0.05, 0.1) is 6.61 Å². The van der Waals surface area contributed by atoms with Crippen molar-refractivity contribution in [1.29, 1.82) is 0 Å². The van der Waals surface area contributed by atoms with Gasteiger partial charge in [-0.3, -0.25) is 0 Å². The molecule has 1 aromatic heterocycles. The molecule has 2 heterocycles. The highest BCUT2D eigenvalue weighted by atomic mass is 19.3. The zero-order chi connectivity index (χ0) is 17.1. The van der Waals surface area contributed by atoms with Crippen molar-refractivity contribution < 1.29 is 18.3 Å². The number of anilines is 2. The second kappa shape index (κ2) is 6.96. The second-order valence-corrected chi connectivity index (χ2v) is 5.48. The van der Waals surface area contributed by atoms with Crippen LogP contribution in [-0.2, 0) is 4.74 Å². The molecule has 24 heavy (non-hydrogen) atoms. The molecular formula is C16H18F2N4O2. The van der Waals surface area contributed by atoms with Gasteiger partial charge in [-0.05, 0) is 24.6 Å². The van der Waals surface area contributed by atoms with E-state index in [0.717, 1.165) is 17.1 Å². The zero-order valence-electron chi connectivity index (χ0n) is 13.2. The number of benzene rings is 1. The molecule has 1 aliphatic rings. The molecule has 128 valence electrons. The fourth-order valence-electron chi connectivity index (χ4n) is 2.66. The van der Waals surface area contributed by atoms with Crippen LogP contribution in [0.1, 0.15) is 17.4 Å². The van der Waals surface area contributed by atoms with Crippen molar-refractivity contribution in [2.75, 3.05) is 30.3 Å². The Morgan fingerprint density at radius 3 is 2.71 bits per heavy atom. The first-order valence-electron chi connectivity index (χ1n) is 7.54. The lowest BCUT2D eigenvalue weighted by atomic mass is 10.1. The normalized spacial score (nSPS) is 18.0. The van der Waals surface area contributed by atoms with Gasteiger partial charge in [0.1, 0.15) is 17.7 Å². The summed E-state index contributed by atoms with van der Waals surface area (Å²) in [5.74, 6) is 1.12. The van der Waals surface area contributed by atoms with E-state index in [1.165, 1.54) is 12.1 Å². The van der Waals surface area contributed by atoms with E-state index in [0.29, 0.717) is 19.7 Å². The first kappa shape index (κ1) is 16.4. The van der Waals surface area contributed by atoms with Crippen LogP contribution in [0.4, 0.5) is 20.5 Å². The Morgan fingerprint density at radius 2 is 2.04 bits per heavy atom. The number of rotatable bonds is 4. The molecule has 1 unspecified atom stereocenters. The molecule has 0 amide bonds. The number of hydrogen-bond donors (Lipinski definition) is 1. The number of aryl methyl sites for hydroxylation is 1. The van der Waals surface area contributed by atoms with Crippen LogP contribution in [0.25, 0.3) is 0 Å². The summed E-state index contributed by atoms with van der Waals surface area (Å²) in [5.41, 5.74) is 7.40. The molecule has 0 saturated carbocycles. The molecule has 0 aliphatic carbocycles.